The van der Waals surface area contributed by atoms with Crippen molar-refractivity contribution in [2.45, 2.75) is 5.75 Å². The van der Waals surface area contributed by atoms with E-state index >= 15 is 0 Å². The van der Waals surface area contributed by atoms with Crippen LogP contribution in [0, 0.1) is 5.82 Å². The van der Waals surface area contributed by atoms with Gasteiger partial charge in [-0.3, -0.25) is 4.79 Å². The van der Waals surface area contributed by atoms with Gasteiger partial charge in [-0.25, -0.2) is 4.39 Å². The lowest BCUT2D eigenvalue weighted by molar-refractivity contribution is -0.113. The average molecular weight is 331 g/mol. The van der Waals surface area contributed by atoms with E-state index in [1.165, 1.54) is 17.8 Å². The van der Waals surface area contributed by atoms with Gasteiger partial charge in [-0.15, -0.1) is 11.8 Å². The number of hydrogen-bond donors (Lipinski definition) is 1. The van der Waals surface area contributed by atoms with Crippen LogP contribution in [0.3, 0.4) is 0 Å². The van der Waals surface area contributed by atoms with Crippen LogP contribution in [0.15, 0.2) is 61.2 Å². The third-order valence-electron chi connectivity index (χ3n) is 2.93. The molecule has 0 atom stereocenters. The Kier molecular flexibility index (Phi) is 6.69. The minimum absolute atomic E-state index is 0.132. The van der Waals surface area contributed by atoms with Gasteiger partial charge in [0.05, 0.1) is 5.75 Å². The maximum Gasteiger partial charge on any atom is 0.234 e. The van der Waals surface area contributed by atoms with Gasteiger partial charge in [-0.1, -0.05) is 36.9 Å². The van der Waals surface area contributed by atoms with Crippen LogP contribution < -0.4 is 10.1 Å². The zero-order valence-corrected chi connectivity index (χ0v) is 13.4. The molecule has 0 fully saturated rings. The van der Waals surface area contributed by atoms with Gasteiger partial charge in [0.1, 0.15) is 18.2 Å². The summed E-state index contributed by atoms with van der Waals surface area (Å²) in [6.07, 6.45) is 1.66. The molecule has 0 bridgehead atoms. The topological polar surface area (TPSA) is 38.3 Å². The largest absolute Gasteiger partial charge is 0.489 e. The summed E-state index contributed by atoms with van der Waals surface area (Å²) in [6, 6.07) is 13.7. The normalized spacial score (nSPS) is 10.1. The fourth-order valence-electron chi connectivity index (χ4n) is 1.88. The molecule has 2 rings (SSSR count). The Labute approximate surface area is 139 Å². The van der Waals surface area contributed by atoms with Crippen LogP contribution in [0.2, 0.25) is 0 Å². The van der Waals surface area contributed by atoms with E-state index in [0.717, 1.165) is 0 Å². The molecule has 2 aromatic rings. The highest BCUT2D eigenvalue weighted by Gasteiger charge is 2.06. The molecule has 120 valence electrons. The molecule has 0 spiro atoms. The van der Waals surface area contributed by atoms with Crippen molar-refractivity contribution in [2.75, 3.05) is 17.7 Å². The summed E-state index contributed by atoms with van der Waals surface area (Å²) < 4.78 is 18.9. The number of hydrogen-bond acceptors (Lipinski definition) is 3. The standard InChI is InChI=1S/C18H18FNO2S/c1-2-10-22-16-8-5-7-15(11-16)20-18(21)13-23-12-14-6-3-4-9-17(14)19/h2-9,11H,1,10,12-13H2,(H,20,21). The third kappa shape index (κ3) is 5.79. The number of nitrogens with one attached hydrogen (secondary N) is 1. The van der Waals surface area contributed by atoms with Crippen molar-refractivity contribution in [3.63, 3.8) is 0 Å². The molecule has 0 unspecified atom stereocenters. The van der Waals surface area contributed by atoms with Crippen LogP contribution in [-0.2, 0) is 10.5 Å². The predicted molar refractivity (Wildman–Crippen MR) is 93.3 cm³/mol. The van der Waals surface area contributed by atoms with E-state index in [2.05, 4.69) is 11.9 Å². The predicted octanol–water partition coefficient (Wildman–Crippen LogP) is 4.26. The van der Waals surface area contributed by atoms with Crippen molar-refractivity contribution in [1.29, 1.82) is 0 Å². The summed E-state index contributed by atoms with van der Waals surface area (Å²) in [6.45, 7) is 4.00. The zero-order chi connectivity index (χ0) is 16.5. The number of rotatable bonds is 8. The van der Waals surface area contributed by atoms with Crippen LogP contribution in [0.1, 0.15) is 5.56 Å². The van der Waals surface area contributed by atoms with E-state index in [4.69, 9.17) is 4.74 Å². The number of carbonyl (C=O) groups excluding carboxylic acids is 1. The maximum absolute atomic E-state index is 13.5. The first-order chi connectivity index (χ1) is 11.2. The molecule has 0 aliphatic heterocycles. The highest BCUT2D eigenvalue weighted by atomic mass is 32.2. The Morgan fingerprint density at radius 2 is 2.09 bits per heavy atom. The van der Waals surface area contributed by atoms with E-state index < -0.39 is 0 Å². The van der Waals surface area contributed by atoms with E-state index in [-0.39, 0.29) is 17.5 Å². The fraction of sp³-hybridized carbons (Fsp3) is 0.167. The number of carbonyl (C=O) groups is 1. The van der Waals surface area contributed by atoms with E-state index in [0.29, 0.717) is 29.4 Å². The molecule has 0 aliphatic carbocycles. The minimum atomic E-state index is -0.243. The molecule has 0 aliphatic rings. The van der Waals surface area contributed by atoms with Gasteiger partial charge in [0.25, 0.3) is 0 Å². The molecular weight excluding hydrogens is 313 g/mol. The SMILES string of the molecule is C=CCOc1cccc(NC(=O)CSCc2ccccc2F)c1. The highest BCUT2D eigenvalue weighted by molar-refractivity contribution is 7.99. The van der Waals surface area contributed by atoms with Gasteiger partial charge in [0.15, 0.2) is 0 Å². The van der Waals surface area contributed by atoms with Gasteiger partial charge in [-0.2, -0.15) is 0 Å². The van der Waals surface area contributed by atoms with Gasteiger partial charge >= 0.3 is 0 Å². The molecule has 3 nitrogen and oxygen atoms in total. The van der Waals surface area contributed by atoms with Crippen LogP contribution >= 0.6 is 11.8 Å². The number of ether oxygens (including phenoxy) is 1. The van der Waals surface area contributed by atoms with Crippen molar-refractivity contribution >= 4 is 23.4 Å². The van der Waals surface area contributed by atoms with Crippen LogP contribution in [0.4, 0.5) is 10.1 Å². The van der Waals surface area contributed by atoms with E-state index in [1.807, 2.05) is 6.07 Å². The zero-order valence-electron chi connectivity index (χ0n) is 12.6. The van der Waals surface area contributed by atoms with Crippen LogP contribution in [0.25, 0.3) is 0 Å². The Morgan fingerprint density at radius 1 is 1.26 bits per heavy atom. The molecule has 0 saturated heterocycles. The quantitative estimate of drug-likeness (QED) is 0.735. The molecule has 1 amide bonds. The molecule has 1 N–H and O–H groups in total. The summed E-state index contributed by atoms with van der Waals surface area (Å²) in [5, 5.41) is 2.80. The van der Waals surface area contributed by atoms with E-state index in [9.17, 15) is 9.18 Å². The monoisotopic (exact) mass is 331 g/mol. The molecular formula is C18H18FNO2S. The Balaban J connectivity index is 1.80. The molecule has 0 aromatic heterocycles. The van der Waals surface area contributed by atoms with Crippen molar-refractivity contribution in [1.82, 2.24) is 0 Å². The second-order valence-corrected chi connectivity index (χ2v) is 5.75. The van der Waals surface area contributed by atoms with E-state index in [1.54, 1.807) is 42.5 Å². The summed E-state index contributed by atoms with van der Waals surface area (Å²) >= 11 is 1.37. The van der Waals surface area contributed by atoms with Crippen molar-refractivity contribution in [3.8, 4) is 5.75 Å². The van der Waals surface area contributed by atoms with Crippen molar-refractivity contribution in [3.05, 3.63) is 72.6 Å². The first kappa shape index (κ1) is 17.1. The number of anilines is 1. The lowest BCUT2D eigenvalue weighted by atomic mass is 10.2. The Morgan fingerprint density at radius 3 is 2.87 bits per heavy atom. The number of amides is 1. The lowest BCUT2D eigenvalue weighted by Crippen LogP contribution is -2.14. The fourth-order valence-corrected chi connectivity index (χ4v) is 2.70. The molecule has 2 aromatic carbocycles. The number of benzene rings is 2. The molecule has 0 saturated carbocycles. The summed E-state index contributed by atoms with van der Waals surface area (Å²) in [4.78, 5) is 11.9. The summed E-state index contributed by atoms with van der Waals surface area (Å²) in [7, 11) is 0. The number of thioether (sulfide) groups is 1. The first-order valence-electron chi connectivity index (χ1n) is 7.14. The Bertz CT molecular complexity index is 676. The van der Waals surface area contributed by atoms with Crippen LogP contribution in [0.5, 0.6) is 5.75 Å². The van der Waals surface area contributed by atoms with Gasteiger partial charge < -0.3 is 10.1 Å². The molecule has 0 radical (unpaired) electrons. The minimum Gasteiger partial charge on any atom is -0.489 e. The summed E-state index contributed by atoms with van der Waals surface area (Å²) in [5.74, 6) is 1.01. The second-order valence-electron chi connectivity index (χ2n) is 4.76. The van der Waals surface area contributed by atoms with Gasteiger partial charge in [0.2, 0.25) is 5.91 Å². The van der Waals surface area contributed by atoms with Crippen molar-refractivity contribution < 1.29 is 13.9 Å². The summed E-state index contributed by atoms with van der Waals surface area (Å²) in [5.41, 5.74) is 1.27. The maximum atomic E-state index is 13.5. The molecule has 0 heterocycles. The lowest BCUT2D eigenvalue weighted by Gasteiger charge is -2.08. The first-order valence-corrected chi connectivity index (χ1v) is 8.29. The highest BCUT2D eigenvalue weighted by Crippen LogP contribution is 2.19. The van der Waals surface area contributed by atoms with Gasteiger partial charge in [-0.05, 0) is 23.8 Å². The average Bonchev–Trinajstić information content (AvgIpc) is 2.55. The molecule has 5 heteroatoms. The van der Waals surface area contributed by atoms with Crippen LogP contribution in [-0.4, -0.2) is 18.3 Å². The second kappa shape index (κ2) is 9.00. The smallest absolute Gasteiger partial charge is 0.234 e. The Hall–Kier alpha value is -2.27. The molecule has 23 heavy (non-hydrogen) atoms. The van der Waals surface area contributed by atoms with Crippen molar-refractivity contribution in [2.24, 2.45) is 0 Å². The third-order valence-corrected chi connectivity index (χ3v) is 3.92. The number of halogens is 1. The van der Waals surface area contributed by atoms with Gasteiger partial charge in [0, 0.05) is 17.5 Å².